The number of hydrogen-bond donors (Lipinski definition) is 0. The standard InChI is InChI=1S/C13H12N4S/c1-10-15-13(7-12-8-14-16-17(10)12)18-9-11-5-3-2-4-6-11/h2-8H,9H2,1H3. The fraction of sp³-hybridized carbons (Fsp3) is 0.154. The predicted octanol–water partition coefficient (Wildman–Crippen LogP) is 2.73. The van der Waals surface area contributed by atoms with Crippen molar-refractivity contribution in [1.82, 2.24) is 19.8 Å². The van der Waals surface area contributed by atoms with Gasteiger partial charge in [-0.2, -0.15) is 4.52 Å². The first-order valence-corrected chi connectivity index (χ1v) is 6.66. The molecule has 1 aromatic carbocycles. The first-order valence-electron chi connectivity index (χ1n) is 5.68. The maximum Gasteiger partial charge on any atom is 0.130 e. The van der Waals surface area contributed by atoms with E-state index in [1.165, 1.54) is 5.56 Å². The molecule has 0 aliphatic rings. The highest BCUT2D eigenvalue weighted by atomic mass is 32.2. The number of thioether (sulfide) groups is 1. The van der Waals surface area contributed by atoms with Crippen LogP contribution in [-0.2, 0) is 5.75 Å². The van der Waals surface area contributed by atoms with Crippen LogP contribution in [0.15, 0.2) is 47.6 Å². The lowest BCUT2D eigenvalue weighted by Crippen LogP contribution is -1.98. The van der Waals surface area contributed by atoms with Crippen LogP contribution in [0.3, 0.4) is 0 Å². The molecule has 0 saturated heterocycles. The van der Waals surface area contributed by atoms with Gasteiger partial charge in [-0.1, -0.05) is 35.5 Å². The van der Waals surface area contributed by atoms with Crippen LogP contribution >= 0.6 is 11.8 Å². The van der Waals surface area contributed by atoms with Crippen LogP contribution in [0.5, 0.6) is 0 Å². The van der Waals surface area contributed by atoms with Crippen molar-refractivity contribution >= 4 is 17.3 Å². The number of aryl methyl sites for hydroxylation is 1. The molecule has 0 unspecified atom stereocenters. The molecule has 0 fully saturated rings. The van der Waals surface area contributed by atoms with Gasteiger partial charge in [0, 0.05) is 5.75 Å². The van der Waals surface area contributed by atoms with Crippen LogP contribution in [0.4, 0.5) is 0 Å². The molecule has 0 amide bonds. The van der Waals surface area contributed by atoms with Crippen LogP contribution in [0.1, 0.15) is 11.4 Å². The third kappa shape index (κ3) is 2.22. The molecule has 3 aromatic rings. The molecule has 0 N–H and O–H groups in total. The van der Waals surface area contributed by atoms with Crippen molar-refractivity contribution in [3.63, 3.8) is 0 Å². The van der Waals surface area contributed by atoms with Gasteiger partial charge in [-0.3, -0.25) is 0 Å². The number of benzene rings is 1. The lowest BCUT2D eigenvalue weighted by Gasteiger charge is -2.03. The zero-order valence-corrected chi connectivity index (χ0v) is 10.8. The van der Waals surface area contributed by atoms with Crippen molar-refractivity contribution in [3.8, 4) is 0 Å². The molecule has 18 heavy (non-hydrogen) atoms. The van der Waals surface area contributed by atoms with Gasteiger partial charge in [0.05, 0.1) is 11.7 Å². The summed E-state index contributed by atoms with van der Waals surface area (Å²) in [5, 5.41) is 8.86. The summed E-state index contributed by atoms with van der Waals surface area (Å²) in [6.07, 6.45) is 1.75. The van der Waals surface area contributed by atoms with Crippen molar-refractivity contribution < 1.29 is 0 Å². The highest BCUT2D eigenvalue weighted by Crippen LogP contribution is 2.22. The summed E-state index contributed by atoms with van der Waals surface area (Å²) >= 11 is 1.73. The Morgan fingerprint density at radius 1 is 1.22 bits per heavy atom. The second-order valence-corrected chi connectivity index (χ2v) is 4.98. The van der Waals surface area contributed by atoms with Crippen LogP contribution in [-0.4, -0.2) is 19.8 Å². The van der Waals surface area contributed by atoms with E-state index in [-0.39, 0.29) is 0 Å². The van der Waals surface area contributed by atoms with Gasteiger partial charge < -0.3 is 0 Å². The van der Waals surface area contributed by atoms with E-state index in [2.05, 4.69) is 39.6 Å². The number of aromatic nitrogens is 4. The monoisotopic (exact) mass is 256 g/mol. The first kappa shape index (κ1) is 11.2. The third-order valence-electron chi connectivity index (χ3n) is 2.66. The van der Waals surface area contributed by atoms with Crippen molar-refractivity contribution in [3.05, 3.63) is 54.0 Å². The van der Waals surface area contributed by atoms with E-state index >= 15 is 0 Å². The van der Waals surface area contributed by atoms with Gasteiger partial charge in [0.1, 0.15) is 10.9 Å². The lowest BCUT2D eigenvalue weighted by molar-refractivity contribution is 0.781. The summed E-state index contributed by atoms with van der Waals surface area (Å²) in [6.45, 7) is 1.94. The van der Waals surface area contributed by atoms with E-state index in [0.717, 1.165) is 22.1 Å². The number of fused-ring (bicyclic) bond motifs is 1. The molecule has 2 aromatic heterocycles. The summed E-state index contributed by atoms with van der Waals surface area (Å²) in [6, 6.07) is 12.4. The molecular weight excluding hydrogens is 244 g/mol. The highest BCUT2D eigenvalue weighted by molar-refractivity contribution is 7.98. The number of rotatable bonds is 3. The molecule has 0 radical (unpaired) electrons. The van der Waals surface area contributed by atoms with E-state index in [9.17, 15) is 0 Å². The van der Waals surface area contributed by atoms with Crippen LogP contribution < -0.4 is 0 Å². The molecular formula is C13H12N4S. The van der Waals surface area contributed by atoms with Crippen molar-refractivity contribution in [2.45, 2.75) is 17.7 Å². The number of hydrogen-bond acceptors (Lipinski definition) is 4. The molecule has 2 heterocycles. The lowest BCUT2D eigenvalue weighted by atomic mass is 10.2. The van der Waals surface area contributed by atoms with Gasteiger partial charge >= 0.3 is 0 Å². The van der Waals surface area contributed by atoms with E-state index in [0.29, 0.717) is 0 Å². The molecule has 0 aliphatic carbocycles. The summed E-state index contributed by atoms with van der Waals surface area (Å²) in [5.74, 6) is 1.78. The van der Waals surface area contributed by atoms with E-state index in [4.69, 9.17) is 0 Å². The van der Waals surface area contributed by atoms with Crippen LogP contribution in [0.2, 0.25) is 0 Å². The average Bonchev–Trinajstić information content (AvgIpc) is 2.86. The Kier molecular flexibility index (Phi) is 2.98. The first-order chi connectivity index (χ1) is 8.83. The maximum atomic E-state index is 4.51. The molecule has 5 heteroatoms. The average molecular weight is 256 g/mol. The summed E-state index contributed by atoms with van der Waals surface area (Å²) < 4.78 is 1.74. The number of nitrogens with zero attached hydrogens (tertiary/aromatic N) is 4. The molecule has 0 aliphatic heterocycles. The Labute approximate surface area is 109 Å². The Morgan fingerprint density at radius 3 is 2.89 bits per heavy atom. The second kappa shape index (κ2) is 4.78. The van der Waals surface area contributed by atoms with Crippen molar-refractivity contribution in [2.75, 3.05) is 0 Å². The minimum Gasteiger partial charge on any atom is -0.227 e. The Hall–Kier alpha value is -1.88. The second-order valence-electron chi connectivity index (χ2n) is 3.99. The molecule has 0 atom stereocenters. The van der Waals surface area contributed by atoms with Crippen LogP contribution in [0.25, 0.3) is 5.52 Å². The molecule has 0 saturated carbocycles. The van der Waals surface area contributed by atoms with Gasteiger partial charge in [0.2, 0.25) is 0 Å². The Bertz CT molecular complexity index is 663. The van der Waals surface area contributed by atoms with E-state index in [1.54, 1.807) is 22.5 Å². The molecule has 3 rings (SSSR count). The van der Waals surface area contributed by atoms with Gasteiger partial charge in [0.15, 0.2) is 0 Å². The maximum absolute atomic E-state index is 4.51. The molecule has 90 valence electrons. The smallest absolute Gasteiger partial charge is 0.130 e. The fourth-order valence-electron chi connectivity index (χ4n) is 1.76. The fourth-order valence-corrected chi connectivity index (χ4v) is 2.67. The van der Waals surface area contributed by atoms with Gasteiger partial charge in [-0.05, 0) is 18.6 Å². The minimum atomic E-state index is 0.862. The van der Waals surface area contributed by atoms with Gasteiger partial charge in [0.25, 0.3) is 0 Å². The largest absolute Gasteiger partial charge is 0.227 e. The molecule has 4 nitrogen and oxygen atoms in total. The summed E-state index contributed by atoms with van der Waals surface area (Å²) in [7, 11) is 0. The van der Waals surface area contributed by atoms with E-state index in [1.807, 2.05) is 19.1 Å². The van der Waals surface area contributed by atoms with E-state index < -0.39 is 0 Å². The van der Waals surface area contributed by atoms with Crippen molar-refractivity contribution in [2.24, 2.45) is 0 Å². The SMILES string of the molecule is Cc1nc(SCc2ccccc2)cc2cnnn12. The zero-order valence-electron chi connectivity index (χ0n) is 9.95. The van der Waals surface area contributed by atoms with Gasteiger partial charge in [-0.15, -0.1) is 16.9 Å². The predicted molar refractivity (Wildman–Crippen MR) is 71.5 cm³/mol. The quantitative estimate of drug-likeness (QED) is 0.534. The summed E-state index contributed by atoms with van der Waals surface area (Å²) in [4.78, 5) is 4.51. The zero-order chi connectivity index (χ0) is 12.4. The third-order valence-corrected chi connectivity index (χ3v) is 3.64. The highest BCUT2D eigenvalue weighted by Gasteiger charge is 2.04. The Balaban J connectivity index is 1.82. The minimum absolute atomic E-state index is 0.862. The van der Waals surface area contributed by atoms with Crippen molar-refractivity contribution in [1.29, 1.82) is 0 Å². The van der Waals surface area contributed by atoms with Gasteiger partial charge in [-0.25, -0.2) is 4.98 Å². The summed E-state index contributed by atoms with van der Waals surface area (Å²) in [5.41, 5.74) is 2.28. The molecule has 0 bridgehead atoms. The normalized spacial score (nSPS) is 10.9. The Morgan fingerprint density at radius 2 is 2.06 bits per heavy atom. The molecule has 0 spiro atoms. The topological polar surface area (TPSA) is 43.1 Å². The van der Waals surface area contributed by atoms with Crippen LogP contribution in [0, 0.1) is 6.92 Å².